The number of hydrogen-bond acceptors (Lipinski definition) is 5. The fourth-order valence-corrected chi connectivity index (χ4v) is 4.07. The zero-order valence-corrected chi connectivity index (χ0v) is 17.3. The molecule has 0 radical (unpaired) electrons. The minimum Gasteiger partial charge on any atom is -0.497 e. The lowest BCUT2D eigenvalue weighted by Gasteiger charge is -2.24. The third kappa shape index (κ3) is 4.68. The zero-order valence-electron chi connectivity index (χ0n) is 16.5. The number of benzene rings is 2. The summed E-state index contributed by atoms with van der Waals surface area (Å²) in [6.45, 7) is 0.791. The highest BCUT2D eigenvalue weighted by Crippen LogP contribution is 2.22. The van der Waals surface area contributed by atoms with Crippen LogP contribution in [-0.4, -0.2) is 36.3 Å². The smallest absolute Gasteiger partial charge is 0.264 e. The lowest BCUT2D eigenvalue weighted by atomic mass is 10.0. The van der Waals surface area contributed by atoms with Crippen LogP contribution in [0.3, 0.4) is 0 Å². The first-order valence-corrected chi connectivity index (χ1v) is 10.4. The van der Waals surface area contributed by atoms with Gasteiger partial charge >= 0.3 is 0 Å². The molecule has 1 atom stereocenters. The molecule has 1 aliphatic rings. The van der Waals surface area contributed by atoms with Crippen molar-refractivity contribution in [2.75, 3.05) is 13.7 Å². The number of ether oxygens (including phenoxy) is 1. The van der Waals surface area contributed by atoms with Gasteiger partial charge in [-0.25, -0.2) is 4.39 Å². The van der Waals surface area contributed by atoms with Crippen LogP contribution in [0.1, 0.15) is 27.2 Å². The highest BCUT2D eigenvalue weighted by molar-refractivity contribution is 7.12. The molecule has 4 rings (SSSR count). The topological polar surface area (TPSA) is 51.1 Å². The highest BCUT2D eigenvalue weighted by atomic mass is 32.1. The van der Waals surface area contributed by atoms with Crippen molar-refractivity contribution < 1.29 is 18.8 Å². The van der Waals surface area contributed by atoms with Crippen molar-refractivity contribution in [1.82, 2.24) is 4.90 Å². The van der Waals surface area contributed by atoms with Gasteiger partial charge in [-0.15, -0.1) is 11.3 Å². The molecule has 1 aliphatic heterocycles. The minimum atomic E-state index is -0.314. The summed E-state index contributed by atoms with van der Waals surface area (Å²) < 4.78 is 18.8. The zero-order chi connectivity index (χ0) is 20.9. The molecule has 0 saturated heterocycles. The monoisotopic (exact) mass is 424 g/mol. The van der Waals surface area contributed by atoms with E-state index in [4.69, 9.17) is 9.57 Å². The van der Waals surface area contributed by atoms with Gasteiger partial charge in [-0.05, 0) is 41.3 Å². The number of hydrogen-bond donors (Lipinski definition) is 0. The van der Waals surface area contributed by atoms with Gasteiger partial charge in [0.15, 0.2) is 6.10 Å². The summed E-state index contributed by atoms with van der Waals surface area (Å²) in [5.41, 5.74) is 2.34. The molecule has 1 unspecified atom stereocenters. The van der Waals surface area contributed by atoms with Crippen LogP contribution in [0.5, 0.6) is 5.75 Å². The van der Waals surface area contributed by atoms with Crippen LogP contribution in [0.15, 0.2) is 71.2 Å². The second-order valence-corrected chi connectivity index (χ2v) is 7.94. The van der Waals surface area contributed by atoms with Gasteiger partial charge in [-0.3, -0.25) is 4.79 Å². The van der Waals surface area contributed by atoms with E-state index in [0.717, 1.165) is 11.3 Å². The molecule has 0 saturated carbocycles. The summed E-state index contributed by atoms with van der Waals surface area (Å²) in [7, 11) is 1.62. The number of halogens is 1. The highest BCUT2D eigenvalue weighted by Gasteiger charge is 2.28. The average molecular weight is 424 g/mol. The van der Waals surface area contributed by atoms with Crippen LogP contribution in [0, 0.1) is 5.82 Å². The molecule has 0 spiro atoms. The molecule has 0 aliphatic carbocycles. The summed E-state index contributed by atoms with van der Waals surface area (Å²) >= 11 is 1.41. The molecule has 30 heavy (non-hydrogen) atoms. The van der Waals surface area contributed by atoms with Gasteiger partial charge in [0.05, 0.1) is 24.2 Å². The number of amides is 1. The summed E-state index contributed by atoms with van der Waals surface area (Å²) in [6, 6.07) is 17.6. The predicted molar refractivity (Wildman–Crippen MR) is 114 cm³/mol. The number of nitrogens with zero attached hydrogens (tertiary/aromatic N) is 2. The molecule has 1 amide bonds. The van der Waals surface area contributed by atoms with E-state index in [9.17, 15) is 9.18 Å². The summed E-state index contributed by atoms with van der Waals surface area (Å²) in [5.74, 6) is 0.367. The first-order valence-electron chi connectivity index (χ1n) is 9.56. The summed E-state index contributed by atoms with van der Waals surface area (Å²) in [5, 5.41) is 6.02. The molecule has 3 aromatic rings. The van der Waals surface area contributed by atoms with Gasteiger partial charge in [0.1, 0.15) is 11.6 Å². The van der Waals surface area contributed by atoms with Crippen molar-refractivity contribution in [3.05, 3.63) is 87.9 Å². The Labute approximate surface area is 178 Å². The SMILES string of the molecule is COc1cccc(CN(CC2CC(c3cccc(F)c3)=NO2)C(=O)c2cccs2)c1. The third-order valence-electron chi connectivity index (χ3n) is 4.84. The van der Waals surface area contributed by atoms with Crippen LogP contribution in [0.2, 0.25) is 0 Å². The molecule has 0 N–H and O–H groups in total. The molecule has 2 heterocycles. The number of carbonyl (C=O) groups excluding carboxylic acids is 1. The Kier molecular flexibility index (Phi) is 6.09. The van der Waals surface area contributed by atoms with E-state index in [0.29, 0.717) is 35.7 Å². The Balaban J connectivity index is 1.49. The van der Waals surface area contributed by atoms with Crippen molar-refractivity contribution in [2.24, 2.45) is 5.16 Å². The number of methoxy groups -OCH3 is 1. The largest absolute Gasteiger partial charge is 0.497 e. The molecule has 0 fully saturated rings. The number of oxime groups is 1. The Morgan fingerprint density at radius 3 is 2.87 bits per heavy atom. The van der Waals surface area contributed by atoms with Crippen molar-refractivity contribution in [3.8, 4) is 5.75 Å². The molecule has 7 heteroatoms. The molecular formula is C23H21FN2O3S. The standard InChI is InChI=1S/C23H21FN2O3S/c1-28-19-8-2-5-16(11-19)14-26(23(27)22-9-4-10-30-22)15-20-13-21(25-29-20)17-6-3-7-18(24)12-17/h2-12,20H,13-15H2,1H3. The molecular weight excluding hydrogens is 403 g/mol. The van der Waals surface area contributed by atoms with E-state index in [2.05, 4.69) is 5.16 Å². The van der Waals surface area contributed by atoms with E-state index in [1.54, 1.807) is 24.1 Å². The maximum Gasteiger partial charge on any atom is 0.264 e. The van der Waals surface area contributed by atoms with Crippen LogP contribution in [-0.2, 0) is 11.4 Å². The lowest BCUT2D eigenvalue weighted by Crippen LogP contribution is -2.37. The first-order chi connectivity index (χ1) is 14.6. The second kappa shape index (κ2) is 9.09. The molecule has 154 valence electrons. The van der Waals surface area contributed by atoms with Crippen LogP contribution in [0.25, 0.3) is 0 Å². The van der Waals surface area contributed by atoms with Crippen LogP contribution >= 0.6 is 11.3 Å². The van der Waals surface area contributed by atoms with E-state index in [-0.39, 0.29) is 17.8 Å². The molecule has 0 bridgehead atoms. The maximum absolute atomic E-state index is 13.5. The van der Waals surface area contributed by atoms with E-state index in [1.165, 1.54) is 23.5 Å². The second-order valence-electron chi connectivity index (χ2n) is 6.99. The van der Waals surface area contributed by atoms with Crippen molar-refractivity contribution in [3.63, 3.8) is 0 Å². The third-order valence-corrected chi connectivity index (χ3v) is 5.70. The van der Waals surface area contributed by atoms with Crippen LogP contribution < -0.4 is 4.74 Å². The summed E-state index contributed by atoms with van der Waals surface area (Å²) in [4.78, 5) is 21.1. The fraction of sp³-hybridized carbons (Fsp3) is 0.217. The predicted octanol–water partition coefficient (Wildman–Crippen LogP) is 4.73. The van der Waals surface area contributed by atoms with E-state index >= 15 is 0 Å². The van der Waals surface area contributed by atoms with Gasteiger partial charge in [0, 0.05) is 18.5 Å². The first kappa shape index (κ1) is 20.1. The minimum absolute atomic E-state index is 0.0596. The number of rotatable bonds is 7. The van der Waals surface area contributed by atoms with Gasteiger partial charge in [0.2, 0.25) is 0 Å². The maximum atomic E-state index is 13.5. The molecule has 1 aromatic heterocycles. The quantitative estimate of drug-likeness (QED) is 0.551. The van der Waals surface area contributed by atoms with E-state index < -0.39 is 0 Å². The van der Waals surface area contributed by atoms with E-state index in [1.807, 2.05) is 41.8 Å². The lowest BCUT2D eigenvalue weighted by molar-refractivity contribution is 0.0408. The Morgan fingerprint density at radius 1 is 1.23 bits per heavy atom. The van der Waals surface area contributed by atoms with Crippen molar-refractivity contribution in [2.45, 2.75) is 19.1 Å². The van der Waals surface area contributed by atoms with Crippen molar-refractivity contribution >= 4 is 23.0 Å². The van der Waals surface area contributed by atoms with Crippen molar-refractivity contribution in [1.29, 1.82) is 0 Å². The Morgan fingerprint density at radius 2 is 2.10 bits per heavy atom. The Hall–Kier alpha value is -3.19. The average Bonchev–Trinajstić information content (AvgIpc) is 3.45. The fourth-order valence-electron chi connectivity index (χ4n) is 3.38. The molecule has 2 aromatic carbocycles. The van der Waals surface area contributed by atoms with Crippen LogP contribution in [0.4, 0.5) is 4.39 Å². The normalized spacial score (nSPS) is 15.4. The Bertz CT molecular complexity index is 1050. The summed E-state index contributed by atoms with van der Waals surface area (Å²) in [6.07, 6.45) is 0.216. The van der Waals surface area contributed by atoms with Gasteiger partial charge < -0.3 is 14.5 Å². The van der Waals surface area contributed by atoms with Gasteiger partial charge in [0.25, 0.3) is 5.91 Å². The molecule has 5 nitrogen and oxygen atoms in total. The number of carbonyl (C=O) groups is 1. The van der Waals surface area contributed by atoms with Gasteiger partial charge in [-0.2, -0.15) is 0 Å². The van der Waals surface area contributed by atoms with Gasteiger partial charge in [-0.1, -0.05) is 35.5 Å². The number of thiophene rings is 1.